The second-order valence-corrected chi connectivity index (χ2v) is 7.02. The van der Waals surface area contributed by atoms with Gasteiger partial charge in [-0.3, -0.25) is 0 Å². The summed E-state index contributed by atoms with van der Waals surface area (Å²) in [6.45, 7) is 4.08. The molecule has 0 nitrogen and oxygen atoms in total. The summed E-state index contributed by atoms with van der Waals surface area (Å²) in [6, 6.07) is 13.1. The third kappa shape index (κ3) is 4.98. The van der Waals surface area contributed by atoms with Crippen molar-refractivity contribution in [2.75, 3.05) is 0 Å². The van der Waals surface area contributed by atoms with Crippen molar-refractivity contribution in [3.8, 4) is 23.7 Å². The molecule has 3 rings (SSSR count). The Kier molecular flexibility index (Phi) is 5.57. The fourth-order valence-electron chi connectivity index (χ4n) is 3.04. The highest BCUT2D eigenvalue weighted by molar-refractivity contribution is 5.46. The van der Waals surface area contributed by atoms with Crippen LogP contribution in [0.15, 0.2) is 42.5 Å². The van der Waals surface area contributed by atoms with Gasteiger partial charge in [0.1, 0.15) is 5.82 Å². The molecule has 1 heteroatoms. The Labute approximate surface area is 150 Å². The van der Waals surface area contributed by atoms with E-state index in [1.807, 2.05) is 30.3 Å². The first-order chi connectivity index (χ1) is 12.1. The summed E-state index contributed by atoms with van der Waals surface area (Å²) in [6.07, 6.45) is 5.05. The molecule has 0 N–H and O–H groups in total. The molecule has 1 fully saturated rings. The minimum absolute atomic E-state index is 0.213. The Hall–Kier alpha value is -2.51. The van der Waals surface area contributed by atoms with Gasteiger partial charge < -0.3 is 0 Å². The fraction of sp³-hybridized carbons (Fsp3) is 0.333. The molecule has 0 saturated heterocycles. The summed E-state index contributed by atoms with van der Waals surface area (Å²) in [4.78, 5) is 0. The van der Waals surface area contributed by atoms with Crippen LogP contribution in [0, 0.1) is 48.3 Å². The smallest absolute Gasteiger partial charge is 0.127 e. The summed E-state index contributed by atoms with van der Waals surface area (Å²) in [7, 11) is 0. The zero-order valence-electron chi connectivity index (χ0n) is 14.9. The lowest BCUT2D eigenvalue weighted by Gasteiger charge is -2.21. The lowest BCUT2D eigenvalue weighted by molar-refractivity contribution is 0.337. The molecule has 0 aliphatic heterocycles. The van der Waals surface area contributed by atoms with Gasteiger partial charge in [-0.25, -0.2) is 4.39 Å². The van der Waals surface area contributed by atoms with Crippen LogP contribution in [0.1, 0.15) is 54.9 Å². The van der Waals surface area contributed by atoms with Gasteiger partial charge in [-0.2, -0.15) is 0 Å². The van der Waals surface area contributed by atoms with Gasteiger partial charge in [-0.1, -0.05) is 36.7 Å². The van der Waals surface area contributed by atoms with E-state index >= 15 is 0 Å². The highest BCUT2D eigenvalue weighted by Crippen LogP contribution is 2.27. The third-order valence-corrected chi connectivity index (χ3v) is 4.84. The Morgan fingerprint density at radius 2 is 1.36 bits per heavy atom. The Morgan fingerprint density at radius 1 is 0.800 bits per heavy atom. The second kappa shape index (κ2) is 8.04. The molecule has 0 aromatic heterocycles. The van der Waals surface area contributed by atoms with Crippen molar-refractivity contribution in [2.45, 2.75) is 39.5 Å². The van der Waals surface area contributed by atoms with Gasteiger partial charge in [0.2, 0.25) is 0 Å². The van der Waals surface area contributed by atoms with Crippen molar-refractivity contribution in [2.24, 2.45) is 11.8 Å². The van der Waals surface area contributed by atoms with Crippen LogP contribution in [-0.4, -0.2) is 0 Å². The average molecular weight is 330 g/mol. The molecule has 25 heavy (non-hydrogen) atoms. The maximum absolute atomic E-state index is 13.5. The molecule has 0 spiro atoms. The summed E-state index contributed by atoms with van der Waals surface area (Å²) >= 11 is 0. The number of rotatable bonds is 0. The first kappa shape index (κ1) is 17.3. The van der Waals surface area contributed by atoms with Crippen LogP contribution in [0.4, 0.5) is 4.39 Å². The number of benzene rings is 2. The van der Waals surface area contributed by atoms with E-state index in [1.165, 1.54) is 31.7 Å². The summed E-state index contributed by atoms with van der Waals surface area (Å²) in [5, 5.41) is 0. The maximum Gasteiger partial charge on any atom is 0.127 e. The van der Waals surface area contributed by atoms with Crippen molar-refractivity contribution in [1.29, 1.82) is 0 Å². The highest BCUT2D eigenvalue weighted by atomic mass is 19.1. The predicted octanol–water partition coefficient (Wildman–Crippen LogP) is 5.71. The molecule has 0 atom stereocenters. The first-order valence-electron chi connectivity index (χ1n) is 9.00. The van der Waals surface area contributed by atoms with E-state index in [2.05, 4.69) is 30.6 Å². The summed E-state index contributed by atoms with van der Waals surface area (Å²) in [5.41, 5.74) is 3.28. The molecule has 1 saturated carbocycles. The number of aryl methyl sites for hydroxylation is 1. The monoisotopic (exact) mass is 330 g/mol. The van der Waals surface area contributed by atoms with Crippen LogP contribution < -0.4 is 0 Å². The van der Waals surface area contributed by atoms with E-state index in [9.17, 15) is 4.39 Å². The Bertz CT molecular complexity index is 845. The second-order valence-electron chi connectivity index (χ2n) is 7.02. The standard InChI is InChI=1S/C24H23F/c1-18-3-6-20(7-4-18)9-10-21-11-13-22(14-12-21)15-16-23-8-5-19(2)24(25)17-23/h5,8,11-14,17-18,20H,3-4,6-7H2,1-2H3. The minimum atomic E-state index is -0.213. The molecule has 1 aliphatic carbocycles. The van der Waals surface area contributed by atoms with E-state index in [4.69, 9.17) is 0 Å². The maximum atomic E-state index is 13.5. The molecule has 0 unspecified atom stereocenters. The van der Waals surface area contributed by atoms with Crippen LogP contribution in [0.3, 0.4) is 0 Å². The van der Waals surface area contributed by atoms with Gasteiger partial charge >= 0.3 is 0 Å². The molecule has 1 aliphatic rings. The van der Waals surface area contributed by atoms with Gasteiger partial charge in [0, 0.05) is 22.6 Å². The number of halogens is 1. The largest absolute Gasteiger partial charge is 0.207 e. The Balaban J connectivity index is 1.65. The quantitative estimate of drug-likeness (QED) is 0.543. The number of hydrogen-bond acceptors (Lipinski definition) is 0. The number of hydrogen-bond donors (Lipinski definition) is 0. The fourth-order valence-corrected chi connectivity index (χ4v) is 3.04. The van der Waals surface area contributed by atoms with Crippen LogP contribution in [0.2, 0.25) is 0 Å². The summed E-state index contributed by atoms with van der Waals surface area (Å²) in [5.74, 6) is 14.0. The molecular formula is C24H23F. The zero-order valence-corrected chi connectivity index (χ0v) is 14.9. The third-order valence-electron chi connectivity index (χ3n) is 4.84. The molecule has 2 aromatic rings. The molecule has 0 bridgehead atoms. The van der Waals surface area contributed by atoms with Crippen LogP contribution in [-0.2, 0) is 0 Å². The first-order valence-corrected chi connectivity index (χ1v) is 9.00. The van der Waals surface area contributed by atoms with E-state index in [-0.39, 0.29) is 5.82 Å². The molecular weight excluding hydrogens is 307 g/mol. The van der Waals surface area contributed by atoms with Crippen LogP contribution in [0.5, 0.6) is 0 Å². The van der Waals surface area contributed by atoms with E-state index < -0.39 is 0 Å². The lowest BCUT2D eigenvalue weighted by Crippen LogP contribution is -2.10. The van der Waals surface area contributed by atoms with E-state index in [1.54, 1.807) is 13.0 Å². The zero-order chi connectivity index (χ0) is 17.6. The van der Waals surface area contributed by atoms with Crippen LogP contribution in [0.25, 0.3) is 0 Å². The minimum Gasteiger partial charge on any atom is -0.207 e. The SMILES string of the molecule is Cc1ccc(C#Cc2ccc(C#CC3CCC(C)CC3)cc2)cc1F. The molecule has 0 radical (unpaired) electrons. The molecule has 0 heterocycles. The molecule has 126 valence electrons. The van der Waals surface area contributed by atoms with Gasteiger partial charge in [0.15, 0.2) is 0 Å². The van der Waals surface area contributed by atoms with Crippen molar-refractivity contribution in [3.63, 3.8) is 0 Å². The normalized spacial score (nSPS) is 19.3. The Morgan fingerprint density at radius 3 is 2.00 bits per heavy atom. The van der Waals surface area contributed by atoms with Gasteiger partial charge in [0.25, 0.3) is 0 Å². The van der Waals surface area contributed by atoms with Crippen molar-refractivity contribution >= 4 is 0 Å². The topological polar surface area (TPSA) is 0 Å². The van der Waals surface area contributed by atoms with Crippen LogP contribution >= 0.6 is 0 Å². The highest BCUT2D eigenvalue weighted by Gasteiger charge is 2.15. The van der Waals surface area contributed by atoms with Gasteiger partial charge in [-0.05, 0) is 80.5 Å². The predicted molar refractivity (Wildman–Crippen MR) is 102 cm³/mol. The van der Waals surface area contributed by atoms with Crippen molar-refractivity contribution in [3.05, 3.63) is 70.5 Å². The van der Waals surface area contributed by atoms with Gasteiger partial charge in [0.05, 0.1) is 0 Å². The lowest BCUT2D eigenvalue weighted by atomic mass is 9.83. The summed E-state index contributed by atoms with van der Waals surface area (Å²) < 4.78 is 13.5. The van der Waals surface area contributed by atoms with E-state index in [0.717, 1.165) is 17.0 Å². The van der Waals surface area contributed by atoms with E-state index in [0.29, 0.717) is 17.0 Å². The molecule has 0 amide bonds. The van der Waals surface area contributed by atoms with Gasteiger partial charge in [-0.15, -0.1) is 0 Å². The van der Waals surface area contributed by atoms with Crippen molar-refractivity contribution in [1.82, 2.24) is 0 Å². The molecule has 2 aromatic carbocycles. The average Bonchev–Trinajstić information content (AvgIpc) is 2.63. The van der Waals surface area contributed by atoms with Crippen molar-refractivity contribution < 1.29 is 4.39 Å².